The summed E-state index contributed by atoms with van der Waals surface area (Å²) in [4.78, 5) is 27.0. The van der Waals surface area contributed by atoms with Crippen molar-refractivity contribution in [3.05, 3.63) is 0 Å². The van der Waals surface area contributed by atoms with E-state index in [0.29, 0.717) is 51.4 Å². The Morgan fingerprint density at radius 3 is 1.62 bits per heavy atom. The van der Waals surface area contributed by atoms with E-state index in [-0.39, 0.29) is 36.5 Å². The quantitative estimate of drug-likeness (QED) is 0.133. The zero-order valence-electron chi connectivity index (χ0n) is 23.0. The van der Waals surface area contributed by atoms with E-state index in [1.165, 1.54) is 0 Å². The van der Waals surface area contributed by atoms with Crippen LogP contribution in [-0.2, 0) is 33.9 Å². The van der Waals surface area contributed by atoms with Crippen molar-refractivity contribution >= 4 is 22.1 Å². The zero-order chi connectivity index (χ0) is 30.6. The van der Waals surface area contributed by atoms with Crippen LogP contribution in [0.3, 0.4) is 0 Å². The minimum atomic E-state index is -6.13. The number of hydrogen-bond acceptors (Lipinski definition) is 11. The molecule has 0 aromatic carbocycles. The van der Waals surface area contributed by atoms with Crippen LogP contribution in [0.4, 0.5) is 8.78 Å². The molecule has 0 aliphatic heterocycles. The molecule has 8 fully saturated rings. The van der Waals surface area contributed by atoms with Crippen molar-refractivity contribution in [2.45, 2.75) is 106 Å². The molecule has 0 aromatic heterocycles. The average Bonchev–Trinajstić information content (AvgIpc) is 2.81. The Morgan fingerprint density at radius 2 is 1.21 bits per heavy atom. The topological polar surface area (TPSA) is 197 Å². The summed E-state index contributed by atoms with van der Waals surface area (Å²) in [6.07, 6.45) is -0.768. The normalized spacial score (nSPS) is 42.9. The number of rotatable bonds is 10. The molecule has 6 unspecified atom stereocenters. The lowest BCUT2D eigenvalue weighted by Gasteiger charge is -2.59. The van der Waals surface area contributed by atoms with Crippen LogP contribution in [0.25, 0.3) is 0 Å². The third kappa shape index (κ3) is 5.06. The summed E-state index contributed by atoms with van der Waals surface area (Å²) in [6.45, 7) is -2.08. The number of halogens is 2. The van der Waals surface area contributed by atoms with Crippen molar-refractivity contribution in [2.75, 3.05) is 13.2 Å². The smallest absolute Gasteiger partial charge is 0.428 e. The molecule has 8 saturated carbocycles. The Hall–Kier alpha value is -1.49. The second kappa shape index (κ2) is 9.51. The molecule has 0 saturated heterocycles. The number of hydrogen-bond donors (Lipinski definition) is 5. The van der Waals surface area contributed by atoms with E-state index in [1.54, 1.807) is 0 Å². The second-order valence-electron chi connectivity index (χ2n) is 14.5. The Bertz CT molecular complexity index is 1220. The predicted molar refractivity (Wildman–Crippen MR) is 135 cm³/mol. The number of esters is 2. The summed E-state index contributed by atoms with van der Waals surface area (Å²) in [6, 6.07) is 0. The number of aliphatic hydroxyl groups is 4. The molecule has 8 rings (SSSR count). The van der Waals surface area contributed by atoms with Gasteiger partial charge in [0.15, 0.2) is 6.10 Å². The summed E-state index contributed by atoms with van der Waals surface area (Å²) in [7, 11) is -6.13. The van der Waals surface area contributed by atoms with Crippen LogP contribution in [-0.4, -0.2) is 87.1 Å². The Morgan fingerprint density at radius 1 is 0.786 bits per heavy atom. The molecule has 0 amide bonds. The van der Waals surface area contributed by atoms with Crippen molar-refractivity contribution in [3.63, 3.8) is 0 Å². The van der Waals surface area contributed by atoms with Crippen molar-refractivity contribution in [1.82, 2.24) is 0 Å². The van der Waals surface area contributed by atoms with Gasteiger partial charge in [-0.15, -0.1) is 0 Å². The maximum atomic E-state index is 14.4. The molecule has 8 bridgehead atoms. The van der Waals surface area contributed by atoms with Gasteiger partial charge in [0, 0.05) is 0 Å². The molecule has 0 aromatic rings. The van der Waals surface area contributed by atoms with E-state index in [9.17, 15) is 47.2 Å². The first-order valence-electron chi connectivity index (χ1n) is 14.5. The molecule has 42 heavy (non-hydrogen) atoms. The van der Waals surface area contributed by atoms with Crippen molar-refractivity contribution in [3.8, 4) is 0 Å². The van der Waals surface area contributed by atoms with Gasteiger partial charge in [-0.1, -0.05) is 0 Å². The molecule has 8 aliphatic rings. The zero-order valence-corrected chi connectivity index (χ0v) is 23.9. The van der Waals surface area contributed by atoms with Gasteiger partial charge in [0.05, 0.1) is 28.6 Å². The van der Waals surface area contributed by atoms with E-state index >= 15 is 0 Å². The Kier molecular flexibility index (Phi) is 6.91. The highest BCUT2D eigenvalue weighted by Gasteiger charge is 2.65. The van der Waals surface area contributed by atoms with Gasteiger partial charge in [-0.3, -0.25) is 14.1 Å². The molecule has 0 spiro atoms. The van der Waals surface area contributed by atoms with E-state index in [2.05, 4.69) is 4.74 Å². The van der Waals surface area contributed by atoms with Gasteiger partial charge in [0.2, 0.25) is 0 Å². The summed E-state index contributed by atoms with van der Waals surface area (Å²) >= 11 is 0. The molecule has 15 heteroatoms. The maximum absolute atomic E-state index is 14.4. The fourth-order valence-electron chi connectivity index (χ4n) is 10.1. The lowest BCUT2D eigenvalue weighted by atomic mass is 9.48. The standard InChI is InChI=1S/C27H38F2O12S/c28-26(29,27(34,35)42(36,37)38)40-12-19(41-21(31)23-5-17-2-18(6-23)10-25(33,9-17)14-23)11-39-20(30)22-3-15-1-16(4-22)8-24(32,7-15)13-22/h15-19,32-35H,1-14H2,(H,36,37,38)/t15?,16?,17-,18?,19?,22?,23?,24?,25?/m1/s1. The highest BCUT2D eigenvalue weighted by molar-refractivity contribution is 7.86. The SMILES string of the molecule is O=C(OCC(COC(F)(F)C(O)(O)S(=O)(=O)O)OC(=O)C12CC3C[C@@H](CC(O)(C3)C1)C2)C12CC3CC(CC(O)(C3)C1)C2. The minimum Gasteiger partial charge on any atom is -0.461 e. The van der Waals surface area contributed by atoms with E-state index in [4.69, 9.17) is 14.0 Å². The maximum Gasteiger partial charge on any atom is 0.428 e. The van der Waals surface area contributed by atoms with Gasteiger partial charge in [-0.25, -0.2) is 0 Å². The van der Waals surface area contributed by atoms with Crippen LogP contribution in [0.15, 0.2) is 0 Å². The van der Waals surface area contributed by atoms with Gasteiger partial charge in [-0.2, -0.15) is 17.2 Å². The highest BCUT2D eigenvalue weighted by Crippen LogP contribution is 2.63. The largest absolute Gasteiger partial charge is 0.461 e. The number of alkyl halides is 2. The fraction of sp³-hybridized carbons (Fsp3) is 0.926. The molecule has 5 N–H and O–H groups in total. The first-order valence-corrected chi connectivity index (χ1v) is 16.0. The van der Waals surface area contributed by atoms with Gasteiger partial charge >= 0.3 is 33.3 Å². The summed E-state index contributed by atoms with van der Waals surface area (Å²) in [5.74, 6) is -1.03. The predicted octanol–water partition coefficient (Wildman–Crippen LogP) is 1.24. The van der Waals surface area contributed by atoms with E-state index in [0.717, 1.165) is 12.8 Å². The van der Waals surface area contributed by atoms with Crippen LogP contribution >= 0.6 is 0 Å². The second-order valence-corrected chi connectivity index (χ2v) is 16.0. The molecule has 12 nitrogen and oxygen atoms in total. The van der Waals surface area contributed by atoms with Crippen molar-refractivity contribution in [1.29, 1.82) is 0 Å². The monoisotopic (exact) mass is 624 g/mol. The Labute approximate surface area is 241 Å². The number of carbonyl (C=O) groups excluding carboxylic acids is 2. The average molecular weight is 625 g/mol. The molecule has 0 radical (unpaired) electrons. The van der Waals surface area contributed by atoms with Crippen LogP contribution in [0.2, 0.25) is 0 Å². The first kappa shape index (κ1) is 30.5. The summed E-state index contributed by atoms with van der Waals surface area (Å²) in [5, 5.41) is 35.8. The van der Waals surface area contributed by atoms with Gasteiger partial charge < -0.3 is 34.6 Å². The summed E-state index contributed by atoms with van der Waals surface area (Å²) < 4.78 is 75.3. The molecular weight excluding hydrogens is 586 g/mol. The van der Waals surface area contributed by atoms with Crippen LogP contribution < -0.4 is 0 Å². The van der Waals surface area contributed by atoms with Crippen LogP contribution in [0, 0.1) is 34.5 Å². The minimum absolute atomic E-state index is 0.0849. The van der Waals surface area contributed by atoms with Crippen LogP contribution in [0.1, 0.15) is 77.0 Å². The van der Waals surface area contributed by atoms with E-state index in [1.807, 2.05) is 0 Å². The van der Waals surface area contributed by atoms with Gasteiger partial charge in [-0.05, 0) is 101 Å². The van der Waals surface area contributed by atoms with E-state index < -0.39 is 74.6 Å². The fourth-order valence-corrected chi connectivity index (χ4v) is 10.4. The Balaban J connectivity index is 1.18. The molecule has 8 aliphatic carbocycles. The molecule has 7 atom stereocenters. The molecule has 0 heterocycles. The summed E-state index contributed by atoms with van der Waals surface area (Å²) in [5.41, 5.74) is -4.09. The van der Waals surface area contributed by atoms with Crippen molar-refractivity contribution in [2.24, 2.45) is 34.5 Å². The highest BCUT2D eigenvalue weighted by atomic mass is 32.2. The van der Waals surface area contributed by atoms with Crippen molar-refractivity contribution < 1.29 is 66.0 Å². The molecule has 238 valence electrons. The first-order chi connectivity index (χ1) is 19.3. The third-order valence-corrected chi connectivity index (χ3v) is 11.7. The number of carbonyl (C=O) groups is 2. The third-order valence-electron chi connectivity index (χ3n) is 10.8. The number of ether oxygens (including phenoxy) is 3. The molecular formula is C27H38F2O12S. The van der Waals surface area contributed by atoms with Gasteiger partial charge in [0.1, 0.15) is 6.61 Å². The van der Waals surface area contributed by atoms with Gasteiger partial charge in [0.25, 0.3) is 0 Å². The van der Waals surface area contributed by atoms with Crippen LogP contribution in [0.5, 0.6) is 0 Å². The lowest BCUT2D eigenvalue weighted by Crippen LogP contribution is -2.59. The lowest BCUT2D eigenvalue weighted by molar-refractivity contribution is -0.366.